The molecule has 0 spiro atoms. The van der Waals surface area contributed by atoms with Crippen LogP contribution in [0.1, 0.15) is 13.8 Å². The number of imide groups is 1. The lowest BCUT2D eigenvalue weighted by Crippen LogP contribution is -2.49. The van der Waals surface area contributed by atoms with Gasteiger partial charge in [-0.05, 0) is 6.92 Å². The molecular formula is C9H13NO4S. The van der Waals surface area contributed by atoms with Crippen LogP contribution >= 0.6 is 12.6 Å². The van der Waals surface area contributed by atoms with Crippen LogP contribution < -0.4 is 0 Å². The molecule has 1 atom stereocenters. The van der Waals surface area contributed by atoms with Crippen molar-refractivity contribution in [2.24, 2.45) is 0 Å². The predicted molar refractivity (Wildman–Crippen MR) is 57.6 cm³/mol. The monoisotopic (exact) mass is 231 g/mol. The van der Waals surface area contributed by atoms with Crippen LogP contribution in [0.4, 0.5) is 0 Å². The molecule has 0 fully saturated rings. The van der Waals surface area contributed by atoms with E-state index >= 15 is 0 Å². The first-order chi connectivity index (χ1) is 6.82. The molecule has 6 heteroatoms. The number of nitrogens with zero attached hydrogens (tertiary/aromatic N) is 1. The minimum atomic E-state index is -1.27. The van der Waals surface area contributed by atoms with Crippen molar-refractivity contribution in [2.45, 2.75) is 19.9 Å². The molecule has 0 saturated carbocycles. The van der Waals surface area contributed by atoms with Gasteiger partial charge >= 0.3 is 5.97 Å². The lowest BCUT2D eigenvalue weighted by atomic mass is 10.2. The van der Waals surface area contributed by atoms with E-state index in [1.54, 1.807) is 0 Å². The van der Waals surface area contributed by atoms with Gasteiger partial charge in [-0.25, -0.2) is 4.79 Å². The van der Waals surface area contributed by atoms with Crippen molar-refractivity contribution in [3.05, 3.63) is 12.2 Å². The van der Waals surface area contributed by atoms with Crippen LogP contribution in [0.15, 0.2) is 12.2 Å². The molecule has 2 amide bonds. The molecule has 1 N–H and O–H groups in total. The Labute approximate surface area is 93.2 Å². The molecule has 0 aromatic carbocycles. The number of aliphatic carboxylic acids is 1. The largest absolute Gasteiger partial charge is 0.480 e. The highest BCUT2D eigenvalue weighted by Crippen LogP contribution is 2.08. The summed E-state index contributed by atoms with van der Waals surface area (Å²) in [5.41, 5.74) is 0.109. The summed E-state index contributed by atoms with van der Waals surface area (Å²) in [6.07, 6.45) is 0. The van der Waals surface area contributed by atoms with Gasteiger partial charge < -0.3 is 5.11 Å². The van der Waals surface area contributed by atoms with E-state index in [9.17, 15) is 14.4 Å². The van der Waals surface area contributed by atoms with Crippen LogP contribution in [0.25, 0.3) is 0 Å². The molecule has 0 bridgehead atoms. The Morgan fingerprint density at radius 3 is 2.07 bits per heavy atom. The lowest BCUT2D eigenvalue weighted by Gasteiger charge is -2.24. The Balaban J connectivity index is 5.12. The molecule has 0 unspecified atom stereocenters. The maximum atomic E-state index is 11.5. The van der Waals surface area contributed by atoms with Crippen molar-refractivity contribution >= 4 is 30.4 Å². The number of carboxylic acid groups (broad SMARTS) is 1. The van der Waals surface area contributed by atoms with E-state index in [1.807, 2.05) is 0 Å². The number of carbonyl (C=O) groups excluding carboxylic acids is 2. The number of rotatable bonds is 4. The first kappa shape index (κ1) is 13.7. The second kappa shape index (κ2) is 5.55. The number of hydrogen-bond acceptors (Lipinski definition) is 4. The standard InChI is InChI=1S/C9H13NO4S/c1-5(2)8(12)10(6(3)11)7(4-15)9(13)14/h7,15H,1,4H2,2-3H3,(H,13,14)/t7-/m0/s1. The average molecular weight is 231 g/mol. The second-order valence-electron chi connectivity index (χ2n) is 3.01. The van der Waals surface area contributed by atoms with Crippen molar-refractivity contribution in [3.8, 4) is 0 Å². The summed E-state index contributed by atoms with van der Waals surface area (Å²) in [6, 6.07) is -1.25. The van der Waals surface area contributed by atoms with E-state index in [0.29, 0.717) is 4.90 Å². The van der Waals surface area contributed by atoms with Gasteiger partial charge in [0, 0.05) is 18.2 Å². The van der Waals surface area contributed by atoms with Crippen LogP contribution in [-0.4, -0.2) is 39.6 Å². The van der Waals surface area contributed by atoms with Crippen molar-refractivity contribution in [3.63, 3.8) is 0 Å². The highest BCUT2D eigenvalue weighted by Gasteiger charge is 2.31. The summed E-state index contributed by atoms with van der Waals surface area (Å²) in [7, 11) is 0. The number of thiol groups is 1. The van der Waals surface area contributed by atoms with Crippen molar-refractivity contribution in [1.29, 1.82) is 0 Å². The molecule has 0 aliphatic heterocycles. The topological polar surface area (TPSA) is 74.7 Å². The smallest absolute Gasteiger partial charge is 0.327 e. The summed E-state index contributed by atoms with van der Waals surface area (Å²) < 4.78 is 0. The Hall–Kier alpha value is -1.30. The molecule has 0 radical (unpaired) electrons. The SMILES string of the molecule is C=C(C)C(=O)N(C(C)=O)[C@@H](CS)C(=O)O. The Morgan fingerprint density at radius 1 is 1.40 bits per heavy atom. The maximum Gasteiger partial charge on any atom is 0.327 e. The summed E-state index contributed by atoms with van der Waals surface area (Å²) in [5, 5.41) is 8.80. The first-order valence-corrected chi connectivity index (χ1v) is 4.79. The molecule has 5 nitrogen and oxygen atoms in total. The quantitative estimate of drug-likeness (QED) is 0.540. The zero-order valence-corrected chi connectivity index (χ0v) is 9.45. The van der Waals surface area contributed by atoms with Gasteiger partial charge in [-0.15, -0.1) is 0 Å². The molecule has 0 rings (SSSR count). The van der Waals surface area contributed by atoms with E-state index in [-0.39, 0.29) is 11.3 Å². The van der Waals surface area contributed by atoms with Crippen LogP contribution in [0.5, 0.6) is 0 Å². The third-order valence-electron chi connectivity index (χ3n) is 1.69. The summed E-state index contributed by atoms with van der Waals surface area (Å²) >= 11 is 3.80. The molecule has 0 saturated heterocycles. The molecule has 0 aromatic heterocycles. The van der Waals surface area contributed by atoms with Gasteiger partial charge in [0.25, 0.3) is 5.91 Å². The van der Waals surface area contributed by atoms with Crippen LogP contribution in [0.2, 0.25) is 0 Å². The third-order valence-corrected chi connectivity index (χ3v) is 2.04. The zero-order chi connectivity index (χ0) is 12.2. The van der Waals surface area contributed by atoms with Gasteiger partial charge in [-0.2, -0.15) is 12.6 Å². The second-order valence-corrected chi connectivity index (χ2v) is 3.38. The van der Waals surface area contributed by atoms with Crippen molar-refractivity contribution in [2.75, 3.05) is 5.75 Å². The number of amides is 2. The Morgan fingerprint density at radius 2 is 1.87 bits per heavy atom. The van der Waals surface area contributed by atoms with Crippen molar-refractivity contribution in [1.82, 2.24) is 4.90 Å². The molecule has 0 aliphatic carbocycles. The average Bonchev–Trinajstić information content (AvgIpc) is 2.11. The molecule has 0 heterocycles. The van der Waals surface area contributed by atoms with Crippen LogP contribution in [0.3, 0.4) is 0 Å². The van der Waals surface area contributed by atoms with E-state index in [4.69, 9.17) is 5.11 Å². The van der Waals surface area contributed by atoms with Gasteiger partial charge in [-0.1, -0.05) is 6.58 Å². The van der Waals surface area contributed by atoms with Gasteiger partial charge in [0.15, 0.2) is 0 Å². The minimum Gasteiger partial charge on any atom is -0.480 e. The zero-order valence-electron chi connectivity index (χ0n) is 8.56. The predicted octanol–water partition coefficient (Wildman–Crippen LogP) is 0.321. The van der Waals surface area contributed by atoms with E-state index < -0.39 is 23.8 Å². The fourth-order valence-electron chi connectivity index (χ4n) is 0.980. The lowest BCUT2D eigenvalue weighted by molar-refractivity contribution is -0.154. The van der Waals surface area contributed by atoms with Crippen LogP contribution in [0, 0.1) is 0 Å². The Bertz CT molecular complexity index is 313. The third kappa shape index (κ3) is 3.39. The van der Waals surface area contributed by atoms with E-state index in [2.05, 4.69) is 19.2 Å². The fraction of sp³-hybridized carbons (Fsp3) is 0.444. The van der Waals surface area contributed by atoms with Crippen molar-refractivity contribution < 1.29 is 19.5 Å². The van der Waals surface area contributed by atoms with E-state index in [0.717, 1.165) is 6.92 Å². The highest BCUT2D eigenvalue weighted by molar-refractivity contribution is 7.80. The molecule has 84 valence electrons. The van der Waals surface area contributed by atoms with E-state index in [1.165, 1.54) is 6.92 Å². The molecule has 0 aromatic rings. The van der Waals surface area contributed by atoms with Gasteiger partial charge in [0.05, 0.1) is 0 Å². The number of hydrogen-bond donors (Lipinski definition) is 2. The fourth-order valence-corrected chi connectivity index (χ4v) is 1.30. The molecule has 0 aliphatic rings. The first-order valence-electron chi connectivity index (χ1n) is 4.16. The van der Waals surface area contributed by atoms with Gasteiger partial charge in [0.2, 0.25) is 5.91 Å². The normalized spacial score (nSPS) is 11.7. The van der Waals surface area contributed by atoms with Crippen LogP contribution in [-0.2, 0) is 14.4 Å². The maximum absolute atomic E-state index is 11.5. The number of carboxylic acids is 1. The van der Waals surface area contributed by atoms with Gasteiger partial charge in [-0.3, -0.25) is 14.5 Å². The summed E-state index contributed by atoms with van der Waals surface area (Å²) in [5.74, 6) is -2.73. The highest BCUT2D eigenvalue weighted by atomic mass is 32.1. The molecular weight excluding hydrogens is 218 g/mol. The number of carbonyl (C=O) groups is 3. The minimum absolute atomic E-state index is 0.109. The Kier molecular flexibility index (Phi) is 5.07. The molecule has 15 heavy (non-hydrogen) atoms. The van der Waals surface area contributed by atoms with Gasteiger partial charge in [0.1, 0.15) is 6.04 Å². The summed E-state index contributed by atoms with van der Waals surface area (Å²) in [4.78, 5) is 34.1. The summed E-state index contributed by atoms with van der Waals surface area (Å²) in [6.45, 7) is 5.91.